The van der Waals surface area contributed by atoms with E-state index in [0.29, 0.717) is 0 Å². The fourth-order valence-corrected chi connectivity index (χ4v) is 2.80. The smallest absolute Gasteiger partial charge is 0.411 e. The van der Waals surface area contributed by atoms with E-state index in [0.717, 1.165) is 31.5 Å². The maximum Gasteiger partial charge on any atom is 0.411 e. The number of carbonyl (C=O) groups excluding carboxylic acids is 2. The molecule has 2 saturated heterocycles. The first-order valence-electron chi connectivity index (χ1n) is 6.80. The number of nitrogens with zero attached hydrogens (tertiary/aromatic N) is 3. The Balaban J connectivity index is 1.88. The molecule has 0 aromatic carbocycles. The molecule has 0 bridgehead atoms. The minimum atomic E-state index is -0.581. The van der Waals surface area contributed by atoms with Crippen molar-refractivity contribution in [1.82, 2.24) is 14.8 Å². The molecule has 0 N–H and O–H groups in total. The van der Waals surface area contributed by atoms with Crippen LogP contribution in [0.15, 0.2) is 24.5 Å². The molecule has 2 atom stereocenters. The first kappa shape index (κ1) is 12.9. The van der Waals surface area contributed by atoms with Gasteiger partial charge in [-0.15, -0.1) is 0 Å². The summed E-state index contributed by atoms with van der Waals surface area (Å²) in [4.78, 5) is 31.6. The van der Waals surface area contributed by atoms with Gasteiger partial charge in [0, 0.05) is 32.5 Å². The number of amides is 2. The number of pyridine rings is 1. The number of hydrogen-bond donors (Lipinski definition) is 0. The third kappa shape index (κ3) is 2.11. The SMILES string of the molecule is CN1C(=O)OC(c2ccncc2)[C@@H]1C(=O)N1CCCC1. The molecule has 3 rings (SSSR count). The maximum absolute atomic E-state index is 12.6. The Bertz CT molecular complexity index is 514. The summed E-state index contributed by atoms with van der Waals surface area (Å²) in [5, 5.41) is 0. The van der Waals surface area contributed by atoms with Gasteiger partial charge < -0.3 is 9.64 Å². The number of likely N-dealkylation sites (N-methyl/N-ethyl adjacent to an activating group) is 1. The zero-order valence-corrected chi connectivity index (χ0v) is 11.4. The van der Waals surface area contributed by atoms with Gasteiger partial charge in [0.25, 0.3) is 0 Å². The molecule has 106 valence electrons. The predicted octanol–water partition coefficient (Wildman–Crippen LogP) is 1.20. The molecule has 1 aromatic heterocycles. The van der Waals surface area contributed by atoms with Gasteiger partial charge in [0.1, 0.15) is 0 Å². The van der Waals surface area contributed by atoms with E-state index in [4.69, 9.17) is 4.74 Å². The molecular weight excluding hydrogens is 258 g/mol. The highest BCUT2D eigenvalue weighted by atomic mass is 16.6. The lowest BCUT2D eigenvalue weighted by Crippen LogP contribution is -2.46. The van der Waals surface area contributed by atoms with Crippen LogP contribution in [0.2, 0.25) is 0 Å². The molecule has 1 unspecified atom stereocenters. The van der Waals surface area contributed by atoms with Crippen LogP contribution >= 0.6 is 0 Å². The van der Waals surface area contributed by atoms with Crippen LogP contribution in [0.3, 0.4) is 0 Å². The van der Waals surface area contributed by atoms with E-state index in [1.54, 1.807) is 31.6 Å². The molecule has 6 nitrogen and oxygen atoms in total. The van der Waals surface area contributed by atoms with E-state index in [1.165, 1.54) is 4.90 Å². The molecule has 2 aliphatic rings. The minimum Gasteiger partial charge on any atom is -0.438 e. The van der Waals surface area contributed by atoms with Gasteiger partial charge >= 0.3 is 6.09 Å². The molecule has 3 heterocycles. The van der Waals surface area contributed by atoms with Crippen molar-refractivity contribution in [2.24, 2.45) is 0 Å². The summed E-state index contributed by atoms with van der Waals surface area (Å²) in [6, 6.07) is 2.98. The zero-order valence-electron chi connectivity index (χ0n) is 11.4. The predicted molar refractivity (Wildman–Crippen MR) is 70.8 cm³/mol. The summed E-state index contributed by atoms with van der Waals surface area (Å²) in [6.45, 7) is 1.53. The Kier molecular flexibility index (Phi) is 3.30. The largest absolute Gasteiger partial charge is 0.438 e. The number of aromatic nitrogens is 1. The number of carbonyl (C=O) groups is 2. The summed E-state index contributed by atoms with van der Waals surface area (Å²) >= 11 is 0. The molecule has 2 aliphatic heterocycles. The van der Waals surface area contributed by atoms with E-state index in [2.05, 4.69) is 4.98 Å². The molecule has 6 heteroatoms. The summed E-state index contributed by atoms with van der Waals surface area (Å²) < 4.78 is 5.36. The number of cyclic esters (lactones) is 1. The van der Waals surface area contributed by atoms with Crippen LogP contribution in [0.5, 0.6) is 0 Å². The second-order valence-corrected chi connectivity index (χ2v) is 5.17. The van der Waals surface area contributed by atoms with Crippen molar-refractivity contribution in [1.29, 1.82) is 0 Å². The maximum atomic E-state index is 12.6. The van der Waals surface area contributed by atoms with Crippen molar-refractivity contribution >= 4 is 12.0 Å². The second-order valence-electron chi connectivity index (χ2n) is 5.17. The monoisotopic (exact) mass is 275 g/mol. The second kappa shape index (κ2) is 5.11. The molecule has 0 spiro atoms. The molecule has 2 fully saturated rings. The van der Waals surface area contributed by atoms with Crippen LogP contribution in [-0.4, -0.2) is 53.0 Å². The zero-order chi connectivity index (χ0) is 14.1. The minimum absolute atomic E-state index is 0.0299. The summed E-state index contributed by atoms with van der Waals surface area (Å²) in [5.41, 5.74) is 0.801. The van der Waals surface area contributed by atoms with Gasteiger partial charge in [0.15, 0.2) is 12.1 Å². The van der Waals surface area contributed by atoms with Gasteiger partial charge in [0.2, 0.25) is 5.91 Å². The quantitative estimate of drug-likeness (QED) is 0.813. The van der Waals surface area contributed by atoms with E-state index >= 15 is 0 Å². The van der Waals surface area contributed by atoms with Gasteiger partial charge in [-0.25, -0.2) is 4.79 Å². The first-order chi connectivity index (χ1) is 9.68. The molecule has 2 amide bonds. The lowest BCUT2D eigenvalue weighted by Gasteiger charge is -2.25. The third-order valence-electron chi connectivity index (χ3n) is 3.93. The van der Waals surface area contributed by atoms with Crippen molar-refractivity contribution in [3.8, 4) is 0 Å². The fraction of sp³-hybridized carbons (Fsp3) is 0.500. The van der Waals surface area contributed by atoms with Crippen LogP contribution in [0, 0.1) is 0 Å². The van der Waals surface area contributed by atoms with Crippen molar-refractivity contribution in [3.05, 3.63) is 30.1 Å². The Labute approximate surface area is 117 Å². The third-order valence-corrected chi connectivity index (χ3v) is 3.93. The Morgan fingerprint density at radius 1 is 1.30 bits per heavy atom. The van der Waals surface area contributed by atoms with Crippen LogP contribution in [-0.2, 0) is 9.53 Å². The number of rotatable bonds is 2. The van der Waals surface area contributed by atoms with Crippen LogP contribution < -0.4 is 0 Å². The van der Waals surface area contributed by atoms with Gasteiger partial charge in [-0.3, -0.25) is 14.7 Å². The van der Waals surface area contributed by atoms with Gasteiger partial charge in [-0.1, -0.05) is 0 Å². The number of hydrogen-bond acceptors (Lipinski definition) is 4. The van der Waals surface area contributed by atoms with E-state index in [-0.39, 0.29) is 5.91 Å². The fourth-order valence-electron chi connectivity index (χ4n) is 2.80. The van der Waals surface area contributed by atoms with Crippen LogP contribution in [0.4, 0.5) is 4.79 Å². The van der Waals surface area contributed by atoms with E-state index in [9.17, 15) is 9.59 Å². The van der Waals surface area contributed by atoms with Crippen molar-refractivity contribution in [2.45, 2.75) is 25.0 Å². The highest BCUT2D eigenvalue weighted by Crippen LogP contribution is 2.33. The summed E-state index contributed by atoms with van der Waals surface area (Å²) in [5.74, 6) is -0.0299. The van der Waals surface area contributed by atoms with Crippen LogP contribution in [0.1, 0.15) is 24.5 Å². The molecule has 20 heavy (non-hydrogen) atoms. The molecule has 0 aliphatic carbocycles. The van der Waals surface area contributed by atoms with E-state index in [1.807, 2.05) is 4.90 Å². The summed E-state index contributed by atoms with van der Waals surface area (Å²) in [6.07, 6.45) is 4.32. The van der Waals surface area contributed by atoms with Crippen molar-refractivity contribution in [2.75, 3.05) is 20.1 Å². The molecular formula is C14H17N3O3. The lowest BCUT2D eigenvalue weighted by atomic mass is 10.0. The van der Waals surface area contributed by atoms with Crippen LogP contribution in [0.25, 0.3) is 0 Å². The Hall–Kier alpha value is -2.11. The lowest BCUT2D eigenvalue weighted by molar-refractivity contribution is -0.135. The standard InChI is InChI=1S/C14H17N3O3/c1-16-11(13(18)17-8-2-3-9-17)12(20-14(16)19)10-4-6-15-7-5-10/h4-7,11-12H,2-3,8-9H2,1H3/t11-,12?/m1/s1. The van der Waals surface area contributed by atoms with E-state index < -0.39 is 18.2 Å². The normalized spacial score (nSPS) is 25.9. The molecule has 0 saturated carbocycles. The average molecular weight is 275 g/mol. The molecule has 0 radical (unpaired) electrons. The van der Waals surface area contributed by atoms with Gasteiger partial charge in [-0.05, 0) is 30.5 Å². The Morgan fingerprint density at radius 3 is 2.60 bits per heavy atom. The highest BCUT2D eigenvalue weighted by Gasteiger charge is 2.46. The van der Waals surface area contributed by atoms with Crippen molar-refractivity contribution < 1.29 is 14.3 Å². The number of likely N-dealkylation sites (tertiary alicyclic amines) is 1. The number of ether oxygens (including phenoxy) is 1. The van der Waals surface area contributed by atoms with Gasteiger partial charge in [0.05, 0.1) is 0 Å². The summed E-state index contributed by atoms with van der Waals surface area (Å²) in [7, 11) is 1.61. The average Bonchev–Trinajstić information content (AvgIpc) is 3.09. The molecule has 1 aromatic rings. The van der Waals surface area contributed by atoms with Crippen molar-refractivity contribution in [3.63, 3.8) is 0 Å². The topological polar surface area (TPSA) is 62.7 Å². The first-order valence-corrected chi connectivity index (χ1v) is 6.80. The van der Waals surface area contributed by atoms with Gasteiger partial charge in [-0.2, -0.15) is 0 Å². The highest BCUT2D eigenvalue weighted by molar-refractivity contribution is 5.89. The Morgan fingerprint density at radius 2 is 1.95 bits per heavy atom.